The molecule has 0 bridgehead atoms. The van der Waals surface area contributed by atoms with Crippen molar-refractivity contribution >= 4 is 11.6 Å². The van der Waals surface area contributed by atoms with Crippen molar-refractivity contribution in [3.63, 3.8) is 0 Å². The minimum absolute atomic E-state index is 0.525. The largest absolute Gasteiger partial charge is 0.497 e. The Kier molecular flexibility index (Phi) is 3.66. The van der Waals surface area contributed by atoms with Crippen molar-refractivity contribution in [2.24, 2.45) is 5.73 Å². The number of carbonyl (C=O) groups is 1. The molecule has 0 heterocycles. The molecule has 0 aromatic heterocycles. The van der Waals surface area contributed by atoms with E-state index in [9.17, 15) is 4.79 Å². The fraction of sp³-hybridized carbons (Fsp3) is 0.200. The van der Waals surface area contributed by atoms with Crippen LogP contribution in [0.3, 0.4) is 0 Å². The number of nitriles is 1. The summed E-state index contributed by atoms with van der Waals surface area (Å²) in [6, 6.07) is 7.24. The summed E-state index contributed by atoms with van der Waals surface area (Å²) in [6.07, 6.45) is 0. The van der Waals surface area contributed by atoms with Crippen LogP contribution in [0.5, 0.6) is 5.75 Å². The SMILES string of the molecule is COc1ccc(NC(=O)C(N)C#N)cc1. The van der Waals surface area contributed by atoms with Gasteiger partial charge in [0, 0.05) is 5.69 Å². The first kappa shape index (κ1) is 11.0. The molecule has 78 valence electrons. The normalized spacial score (nSPS) is 11.3. The second-order valence-corrected chi connectivity index (χ2v) is 2.82. The number of anilines is 1. The Morgan fingerprint density at radius 3 is 2.60 bits per heavy atom. The highest BCUT2D eigenvalue weighted by Crippen LogP contribution is 2.14. The lowest BCUT2D eigenvalue weighted by molar-refractivity contribution is -0.116. The molecule has 0 aliphatic heterocycles. The summed E-state index contributed by atoms with van der Waals surface area (Å²) in [7, 11) is 1.55. The van der Waals surface area contributed by atoms with Gasteiger partial charge in [0.25, 0.3) is 5.91 Å². The highest BCUT2D eigenvalue weighted by molar-refractivity contribution is 5.96. The summed E-state index contributed by atoms with van der Waals surface area (Å²) in [5.74, 6) is 0.167. The third-order valence-electron chi connectivity index (χ3n) is 1.78. The Hall–Kier alpha value is -2.06. The smallest absolute Gasteiger partial charge is 0.255 e. The van der Waals surface area contributed by atoms with Gasteiger partial charge in [0.1, 0.15) is 5.75 Å². The number of nitrogens with two attached hydrogens (primary N) is 1. The monoisotopic (exact) mass is 205 g/mol. The van der Waals surface area contributed by atoms with Gasteiger partial charge in [0.2, 0.25) is 0 Å². The van der Waals surface area contributed by atoms with E-state index in [1.165, 1.54) is 0 Å². The summed E-state index contributed by atoms with van der Waals surface area (Å²) in [5, 5.41) is 10.9. The maximum absolute atomic E-state index is 11.2. The number of methoxy groups -OCH3 is 1. The van der Waals surface area contributed by atoms with E-state index in [1.54, 1.807) is 37.4 Å². The molecule has 0 fully saturated rings. The number of rotatable bonds is 3. The Bertz CT molecular complexity index is 381. The molecular weight excluding hydrogens is 194 g/mol. The first-order chi connectivity index (χ1) is 7.17. The van der Waals surface area contributed by atoms with E-state index in [4.69, 9.17) is 15.7 Å². The highest BCUT2D eigenvalue weighted by Gasteiger charge is 2.11. The third-order valence-corrected chi connectivity index (χ3v) is 1.78. The number of nitrogens with one attached hydrogen (secondary N) is 1. The van der Waals surface area contributed by atoms with Crippen molar-refractivity contribution in [2.75, 3.05) is 12.4 Å². The standard InChI is InChI=1S/C10H11N3O2/c1-15-8-4-2-7(3-5-8)13-10(14)9(12)6-11/h2-5,9H,12H2,1H3,(H,13,14). The van der Waals surface area contributed by atoms with E-state index < -0.39 is 11.9 Å². The second kappa shape index (κ2) is 4.98. The van der Waals surface area contributed by atoms with Crippen molar-refractivity contribution in [1.82, 2.24) is 0 Å². The first-order valence-electron chi connectivity index (χ1n) is 4.27. The zero-order valence-corrected chi connectivity index (χ0v) is 8.23. The molecule has 0 saturated heterocycles. The van der Waals surface area contributed by atoms with Crippen LogP contribution in [0.2, 0.25) is 0 Å². The Labute approximate surface area is 87.4 Å². The summed E-state index contributed by atoms with van der Waals surface area (Å²) in [5.41, 5.74) is 5.80. The van der Waals surface area contributed by atoms with Gasteiger partial charge in [-0.15, -0.1) is 0 Å². The minimum Gasteiger partial charge on any atom is -0.497 e. The molecule has 0 aliphatic rings. The van der Waals surface area contributed by atoms with Crippen LogP contribution in [0.1, 0.15) is 0 Å². The quantitative estimate of drug-likeness (QED) is 0.751. The van der Waals surface area contributed by atoms with Gasteiger partial charge in [0.15, 0.2) is 6.04 Å². The van der Waals surface area contributed by atoms with Crippen LogP contribution >= 0.6 is 0 Å². The molecule has 0 saturated carbocycles. The Morgan fingerprint density at radius 2 is 2.13 bits per heavy atom. The molecule has 1 amide bonds. The number of benzene rings is 1. The van der Waals surface area contributed by atoms with Gasteiger partial charge in [-0.25, -0.2) is 0 Å². The minimum atomic E-state index is -1.15. The summed E-state index contributed by atoms with van der Waals surface area (Å²) >= 11 is 0. The number of amides is 1. The fourth-order valence-corrected chi connectivity index (χ4v) is 0.953. The first-order valence-corrected chi connectivity index (χ1v) is 4.27. The lowest BCUT2D eigenvalue weighted by Crippen LogP contribution is -2.33. The van der Waals surface area contributed by atoms with E-state index in [0.717, 1.165) is 0 Å². The molecule has 1 aromatic carbocycles. The van der Waals surface area contributed by atoms with E-state index in [1.807, 2.05) is 0 Å². The van der Waals surface area contributed by atoms with E-state index >= 15 is 0 Å². The zero-order chi connectivity index (χ0) is 11.3. The van der Waals surface area contributed by atoms with Crippen LogP contribution in [0.15, 0.2) is 24.3 Å². The van der Waals surface area contributed by atoms with Gasteiger partial charge in [-0.05, 0) is 24.3 Å². The van der Waals surface area contributed by atoms with Crippen molar-refractivity contribution in [3.8, 4) is 11.8 Å². The summed E-state index contributed by atoms with van der Waals surface area (Å²) < 4.78 is 4.95. The van der Waals surface area contributed by atoms with Gasteiger partial charge in [0.05, 0.1) is 13.2 Å². The van der Waals surface area contributed by atoms with Crippen molar-refractivity contribution in [2.45, 2.75) is 6.04 Å². The lowest BCUT2D eigenvalue weighted by Gasteiger charge is -2.06. The molecule has 1 rings (SSSR count). The van der Waals surface area contributed by atoms with Gasteiger partial charge in [-0.3, -0.25) is 4.79 Å². The topological polar surface area (TPSA) is 88.1 Å². The van der Waals surface area contributed by atoms with Crippen LogP contribution in [-0.4, -0.2) is 19.1 Å². The molecule has 1 aromatic rings. The Balaban J connectivity index is 2.66. The number of carbonyl (C=O) groups excluding carboxylic acids is 1. The molecule has 0 aliphatic carbocycles. The molecule has 5 nitrogen and oxygen atoms in total. The van der Waals surface area contributed by atoms with Gasteiger partial charge < -0.3 is 15.8 Å². The number of ether oxygens (including phenoxy) is 1. The van der Waals surface area contributed by atoms with Crippen LogP contribution in [-0.2, 0) is 4.79 Å². The van der Waals surface area contributed by atoms with Crippen LogP contribution in [0.25, 0.3) is 0 Å². The molecule has 0 radical (unpaired) electrons. The summed E-state index contributed by atoms with van der Waals surface area (Å²) in [4.78, 5) is 11.2. The van der Waals surface area contributed by atoms with Crippen LogP contribution in [0.4, 0.5) is 5.69 Å². The fourth-order valence-electron chi connectivity index (χ4n) is 0.953. The molecule has 15 heavy (non-hydrogen) atoms. The molecule has 5 heteroatoms. The number of hydrogen-bond donors (Lipinski definition) is 2. The molecule has 1 unspecified atom stereocenters. The van der Waals surface area contributed by atoms with E-state index in [2.05, 4.69) is 5.32 Å². The summed E-state index contributed by atoms with van der Waals surface area (Å²) in [6.45, 7) is 0. The van der Waals surface area contributed by atoms with E-state index in [-0.39, 0.29) is 0 Å². The third kappa shape index (κ3) is 2.97. The van der Waals surface area contributed by atoms with Gasteiger partial charge in [-0.2, -0.15) is 5.26 Å². The van der Waals surface area contributed by atoms with Crippen molar-refractivity contribution in [1.29, 1.82) is 5.26 Å². The number of hydrogen-bond acceptors (Lipinski definition) is 4. The van der Waals surface area contributed by atoms with Crippen LogP contribution < -0.4 is 15.8 Å². The highest BCUT2D eigenvalue weighted by atomic mass is 16.5. The predicted molar refractivity (Wildman–Crippen MR) is 55.2 cm³/mol. The average molecular weight is 205 g/mol. The van der Waals surface area contributed by atoms with Crippen molar-refractivity contribution < 1.29 is 9.53 Å². The number of nitrogens with zero attached hydrogens (tertiary/aromatic N) is 1. The lowest BCUT2D eigenvalue weighted by atomic mass is 10.2. The van der Waals surface area contributed by atoms with Gasteiger partial charge in [-0.1, -0.05) is 0 Å². The molecule has 3 N–H and O–H groups in total. The van der Waals surface area contributed by atoms with Crippen molar-refractivity contribution in [3.05, 3.63) is 24.3 Å². The maximum Gasteiger partial charge on any atom is 0.255 e. The molecular formula is C10H11N3O2. The molecule has 0 spiro atoms. The van der Waals surface area contributed by atoms with E-state index in [0.29, 0.717) is 11.4 Å². The maximum atomic E-state index is 11.2. The zero-order valence-electron chi connectivity index (χ0n) is 8.23. The molecule has 1 atom stereocenters. The average Bonchev–Trinajstić information content (AvgIpc) is 2.29. The second-order valence-electron chi connectivity index (χ2n) is 2.82. The predicted octanol–water partition coefficient (Wildman–Crippen LogP) is 0.485. The Morgan fingerprint density at radius 1 is 1.53 bits per heavy atom. The van der Waals surface area contributed by atoms with Gasteiger partial charge >= 0.3 is 0 Å². The van der Waals surface area contributed by atoms with Crippen LogP contribution in [0, 0.1) is 11.3 Å².